The lowest BCUT2D eigenvalue weighted by molar-refractivity contribution is -0.384. The molecule has 0 aliphatic rings. The highest BCUT2D eigenvalue weighted by molar-refractivity contribution is 14.1. The van der Waals surface area contributed by atoms with Gasteiger partial charge >= 0.3 is 0 Å². The molecule has 0 saturated carbocycles. The Balaban J connectivity index is 2.60. The van der Waals surface area contributed by atoms with Crippen molar-refractivity contribution >= 4 is 40.1 Å². The van der Waals surface area contributed by atoms with E-state index < -0.39 is 10.8 Å². The first-order valence-corrected chi connectivity index (χ1v) is 6.96. The van der Waals surface area contributed by atoms with Gasteiger partial charge in [0.15, 0.2) is 0 Å². The predicted octanol–water partition coefficient (Wildman–Crippen LogP) is 1.07. The number of hydrogen-bond donors (Lipinski definition) is 2. The number of carbonyl (C=O) groups is 2. The van der Waals surface area contributed by atoms with E-state index in [9.17, 15) is 19.7 Å². The minimum absolute atomic E-state index is 0.0823. The smallest absolute Gasteiger partial charge is 0.270 e. The minimum Gasteiger partial charge on any atom is -0.351 e. The molecule has 0 atom stereocenters. The van der Waals surface area contributed by atoms with Gasteiger partial charge in [0.05, 0.1) is 17.0 Å². The van der Waals surface area contributed by atoms with Gasteiger partial charge in [-0.05, 0) is 28.7 Å². The van der Waals surface area contributed by atoms with Gasteiger partial charge < -0.3 is 10.6 Å². The molecule has 7 nitrogen and oxygen atoms in total. The van der Waals surface area contributed by atoms with Crippen molar-refractivity contribution in [1.29, 1.82) is 0 Å². The molecule has 110 valence electrons. The quantitative estimate of drug-likeness (QED) is 0.322. The summed E-state index contributed by atoms with van der Waals surface area (Å²) < 4.78 is 0.590. The topological polar surface area (TPSA) is 101 Å². The van der Waals surface area contributed by atoms with Crippen LogP contribution in [0.4, 0.5) is 5.69 Å². The molecule has 0 aliphatic carbocycles. The van der Waals surface area contributed by atoms with E-state index in [1.807, 2.05) is 22.6 Å². The molecule has 0 radical (unpaired) electrons. The molecule has 0 fully saturated rings. The number of non-ortho nitro benzene ring substituents is 1. The maximum atomic E-state index is 11.9. The molecule has 0 aliphatic heterocycles. The van der Waals surface area contributed by atoms with Crippen molar-refractivity contribution in [1.82, 2.24) is 10.6 Å². The Morgan fingerprint density at radius 3 is 2.71 bits per heavy atom. The van der Waals surface area contributed by atoms with Crippen LogP contribution in [-0.2, 0) is 4.79 Å². The van der Waals surface area contributed by atoms with E-state index in [0.29, 0.717) is 3.57 Å². The third kappa shape index (κ3) is 5.39. The van der Waals surface area contributed by atoms with E-state index in [1.54, 1.807) is 0 Å². The van der Waals surface area contributed by atoms with Crippen molar-refractivity contribution in [3.05, 3.63) is 37.4 Å². The van der Waals surface area contributed by atoms with Crippen LogP contribution in [0.3, 0.4) is 0 Å². The Labute approximate surface area is 134 Å². The van der Waals surface area contributed by atoms with Crippen LogP contribution in [0.25, 0.3) is 0 Å². The van der Waals surface area contributed by atoms with Crippen molar-refractivity contribution < 1.29 is 14.5 Å². The van der Waals surface area contributed by atoms with Gasteiger partial charge in [0.1, 0.15) is 0 Å². The molecular formula is C13H12IN3O4. The average molecular weight is 401 g/mol. The number of nitrogens with zero attached hydrogens (tertiary/aromatic N) is 1. The zero-order valence-corrected chi connectivity index (χ0v) is 13.0. The Kier molecular flexibility index (Phi) is 6.61. The normalized spacial score (nSPS) is 9.52. The summed E-state index contributed by atoms with van der Waals surface area (Å²) in [4.78, 5) is 33.3. The average Bonchev–Trinajstić information content (AvgIpc) is 2.45. The minimum atomic E-state index is -0.569. The number of halogens is 1. The number of hydrogen-bond acceptors (Lipinski definition) is 4. The molecule has 0 aromatic heterocycles. The third-order valence-electron chi connectivity index (χ3n) is 2.43. The zero-order chi connectivity index (χ0) is 15.8. The molecule has 0 bridgehead atoms. The van der Waals surface area contributed by atoms with Gasteiger partial charge in [-0.1, -0.05) is 5.92 Å². The molecule has 2 amide bonds. The largest absolute Gasteiger partial charge is 0.351 e. The molecule has 21 heavy (non-hydrogen) atoms. The summed E-state index contributed by atoms with van der Waals surface area (Å²) in [6, 6.07) is 4.02. The van der Waals surface area contributed by atoms with Crippen LogP contribution in [0.15, 0.2) is 18.2 Å². The SMILES string of the molecule is C#CCNC(=O)CCNC(=O)c1cc([N+](=O)[O-])ccc1I. The summed E-state index contributed by atoms with van der Waals surface area (Å²) in [6.45, 7) is 0.254. The van der Waals surface area contributed by atoms with Crippen LogP contribution < -0.4 is 10.6 Å². The first-order valence-electron chi connectivity index (χ1n) is 5.88. The van der Waals surface area contributed by atoms with E-state index in [2.05, 4.69) is 16.6 Å². The molecule has 2 N–H and O–H groups in total. The van der Waals surface area contributed by atoms with E-state index in [1.165, 1.54) is 18.2 Å². The number of benzene rings is 1. The lowest BCUT2D eigenvalue weighted by atomic mass is 10.2. The summed E-state index contributed by atoms with van der Waals surface area (Å²) in [6.07, 6.45) is 5.08. The Morgan fingerprint density at radius 1 is 1.38 bits per heavy atom. The Bertz CT molecular complexity index is 610. The van der Waals surface area contributed by atoms with E-state index >= 15 is 0 Å². The molecule has 8 heteroatoms. The second-order valence-corrected chi connectivity index (χ2v) is 5.07. The molecule has 1 aromatic carbocycles. The number of nitrogens with one attached hydrogen (secondary N) is 2. The number of amides is 2. The maximum Gasteiger partial charge on any atom is 0.270 e. The van der Waals surface area contributed by atoms with Crippen molar-refractivity contribution in [3.63, 3.8) is 0 Å². The zero-order valence-electron chi connectivity index (χ0n) is 10.9. The fourth-order valence-corrected chi connectivity index (χ4v) is 2.00. The lowest BCUT2D eigenvalue weighted by Crippen LogP contribution is -2.31. The van der Waals surface area contributed by atoms with Crippen LogP contribution in [0.5, 0.6) is 0 Å². The van der Waals surface area contributed by atoms with Gasteiger partial charge in [0, 0.05) is 28.7 Å². The van der Waals surface area contributed by atoms with E-state index in [0.717, 1.165) is 0 Å². The number of rotatable bonds is 6. The van der Waals surface area contributed by atoms with Crippen molar-refractivity contribution in [2.24, 2.45) is 0 Å². The van der Waals surface area contributed by atoms with Gasteiger partial charge in [-0.25, -0.2) is 0 Å². The maximum absolute atomic E-state index is 11.9. The summed E-state index contributed by atoms with van der Waals surface area (Å²) >= 11 is 1.91. The van der Waals surface area contributed by atoms with Gasteiger partial charge in [-0.2, -0.15) is 0 Å². The summed E-state index contributed by atoms with van der Waals surface area (Å²) in [5.74, 6) is 1.52. The second kappa shape index (κ2) is 8.21. The van der Waals surface area contributed by atoms with Crippen LogP contribution in [0.2, 0.25) is 0 Å². The van der Waals surface area contributed by atoms with Crippen molar-refractivity contribution in [3.8, 4) is 12.3 Å². The molecule has 0 saturated heterocycles. The van der Waals surface area contributed by atoms with Crippen LogP contribution >= 0.6 is 22.6 Å². The van der Waals surface area contributed by atoms with Gasteiger partial charge in [-0.3, -0.25) is 19.7 Å². The van der Waals surface area contributed by atoms with Crippen LogP contribution in [0.1, 0.15) is 16.8 Å². The second-order valence-electron chi connectivity index (χ2n) is 3.91. The lowest BCUT2D eigenvalue weighted by Gasteiger charge is -2.07. The fourth-order valence-electron chi connectivity index (χ4n) is 1.42. The standard InChI is InChI=1S/C13H12IN3O4/c1-2-6-15-12(18)5-7-16-13(19)10-8-9(17(20)21)3-4-11(10)14/h1,3-4,8H,5-7H2,(H,15,18)(H,16,19). The van der Waals surface area contributed by atoms with Gasteiger partial charge in [0.25, 0.3) is 11.6 Å². The number of carbonyl (C=O) groups excluding carboxylic acids is 2. The highest BCUT2D eigenvalue weighted by atomic mass is 127. The number of nitro groups is 1. The molecule has 0 unspecified atom stereocenters. The van der Waals surface area contributed by atoms with E-state index in [-0.39, 0.29) is 36.7 Å². The van der Waals surface area contributed by atoms with Crippen molar-refractivity contribution in [2.45, 2.75) is 6.42 Å². The Morgan fingerprint density at radius 2 is 2.10 bits per heavy atom. The monoisotopic (exact) mass is 401 g/mol. The van der Waals surface area contributed by atoms with Crippen LogP contribution in [0, 0.1) is 26.0 Å². The molecule has 0 spiro atoms. The summed E-state index contributed by atoms with van der Waals surface area (Å²) in [5.41, 5.74) is 0.0427. The predicted molar refractivity (Wildman–Crippen MR) is 84.6 cm³/mol. The Hall–Kier alpha value is -2.15. The first-order chi connectivity index (χ1) is 9.95. The van der Waals surface area contributed by atoms with Gasteiger partial charge in [0.2, 0.25) is 5.91 Å². The molecule has 1 rings (SSSR count). The summed E-state index contributed by atoms with van der Waals surface area (Å²) in [7, 11) is 0. The highest BCUT2D eigenvalue weighted by Crippen LogP contribution is 2.19. The van der Waals surface area contributed by atoms with E-state index in [4.69, 9.17) is 6.42 Å². The number of terminal acetylenes is 1. The number of nitro benzene ring substituents is 1. The van der Waals surface area contributed by atoms with Gasteiger partial charge in [-0.15, -0.1) is 6.42 Å². The fraction of sp³-hybridized carbons (Fsp3) is 0.231. The highest BCUT2D eigenvalue weighted by Gasteiger charge is 2.15. The third-order valence-corrected chi connectivity index (χ3v) is 3.37. The van der Waals surface area contributed by atoms with Crippen LogP contribution in [-0.4, -0.2) is 29.8 Å². The first kappa shape index (κ1) is 16.9. The molecule has 1 aromatic rings. The van der Waals surface area contributed by atoms with Crippen molar-refractivity contribution in [2.75, 3.05) is 13.1 Å². The summed E-state index contributed by atoms with van der Waals surface area (Å²) in [5, 5.41) is 15.7. The molecular weight excluding hydrogens is 389 g/mol. The molecule has 0 heterocycles.